The van der Waals surface area contributed by atoms with Crippen LogP contribution in [-0.2, 0) is 46.3 Å². The first-order chi connectivity index (χ1) is 28.4. The van der Waals surface area contributed by atoms with Crippen LogP contribution in [0.4, 0.5) is 4.79 Å². The zero-order chi connectivity index (χ0) is 44.7. The Bertz CT molecular complexity index is 1630. The van der Waals surface area contributed by atoms with Crippen LogP contribution in [0.3, 0.4) is 0 Å². The van der Waals surface area contributed by atoms with E-state index >= 15 is 0 Å². The molecule has 0 saturated heterocycles. The molecular weight excluding hydrogens is 869 g/mol. The van der Waals surface area contributed by atoms with E-state index in [9.17, 15) is 28.8 Å². The van der Waals surface area contributed by atoms with Crippen LogP contribution in [0.15, 0.2) is 54.6 Å². The number of rotatable bonds is 26. The van der Waals surface area contributed by atoms with E-state index in [1.807, 2.05) is 44.2 Å². The quantitative estimate of drug-likeness (QED) is 0.0577. The van der Waals surface area contributed by atoms with E-state index < -0.39 is 90.9 Å². The van der Waals surface area contributed by atoms with Crippen LogP contribution in [0.25, 0.3) is 0 Å². The number of alkyl carbamates (subject to hydrolysis) is 1. The van der Waals surface area contributed by atoms with Gasteiger partial charge in [-0.15, -0.1) is 0 Å². The van der Waals surface area contributed by atoms with Gasteiger partial charge in [0.05, 0.1) is 7.11 Å². The van der Waals surface area contributed by atoms with Gasteiger partial charge in [0.2, 0.25) is 11.8 Å². The predicted molar refractivity (Wildman–Crippen MR) is 239 cm³/mol. The Hall–Kier alpha value is -4.14. The average Bonchev–Trinajstić information content (AvgIpc) is 3.20. The van der Waals surface area contributed by atoms with Crippen molar-refractivity contribution in [1.29, 1.82) is 0 Å². The van der Waals surface area contributed by atoms with Gasteiger partial charge in [0.25, 0.3) is 0 Å². The minimum atomic E-state index is -2.68. The molecule has 0 aliphatic rings. The summed E-state index contributed by atoms with van der Waals surface area (Å²) in [6, 6.07) is 14.7. The van der Waals surface area contributed by atoms with E-state index in [1.165, 1.54) is 62.5 Å². The SMILES string of the molecule is CCC[CH2][Sn]([CH2]CCC)([CH2]CCC)[c]1ccc(C[C@H](NC(=O)OC(C)(C)C)C(=O)NCC(=O)NCC(=O)N[C@@H](Cc2ccccc2)C(=O)N[C@@H](CC(C)C)C(=O)OC)cc1. The van der Waals surface area contributed by atoms with E-state index in [2.05, 4.69) is 71.6 Å². The normalized spacial score (nSPS) is 13.0. The Labute approximate surface area is 362 Å². The predicted octanol–water partition coefficient (Wildman–Crippen LogP) is 5.84. The summed E-state index contributed by atoms with van der Waals surface area (Å²) in [6.45, 7) is 14.9. The first kappa shape index (κ1) is 52.0. The third kappa shape index (κ3) is 19.5. The third-order valence-corrected chi connectivity index (χ3v) is 26.0. The van der Waals surface area contributed by atoms with Crippen LogP contribution < -0.4 is 30.2 Å². The van der Waals surface area contributed by atoms with Gasteiger partial charge in [-0.25, -0.2) is 4.79 Å². The molecule has 334 valence electrons. The molecule has 60 heavy (non-hydrogen) atoms. The minimum absolute atomic E-state index is 0.0793. The molecular formula is C46H73N5O8Sn. The van der Waals surface area contributed by atoms with Crippen LogP contribution in [-0.4, -0.2) is 98.0 Å². The summed E-state index contributed by atoms with van der Waals surface area (Å²) >= 11 is -2.68. The number of hydrogen-bond donors (Lipinski definition) is 5. The van der Waals surface area contributed by atoms with E-state index in [0.29, 0.717) is 6.42 Å². The summed E-state index contributed by atoms with van der Waals surface area (Å²) in [4.78, 5) is 78.3. The van der Waals surface area contributed by atoms with Crippen molar-refractivity contribution in [3.63, 3.8) is 0 Å². The summed E-state index contributed by atoms with van der Waals surface area (Å²) in [5.41, 5.74) is 0.848. The second-order valence-corrected chi connectivity index (χ2v) is 30.4. The van der Waals surface area contributed by atoms with Crippen molar-refractivity contribution >= 4 is 57.6 Å². The Balaban J connectivity index is 2.16. The zero-order valence-corrected chi connectivity index (χ0v) is 40.5. The molecule has 0 heterocycles. The van der Waals surface area contributed by atoms with Gasteiger partial charge in [-0.3, -0.25) is 9.59 Å². The Kier molecular flexibility index (Phi) is 23.3. The molecule has 0 fully saturated rings. The molecule has 2 rings (SSSR count). The number of benzene rings is 2. The van der Waals surface area contributed by atoms with Crippen molar-refractivity contribution in [2.24, 2.45) is 5.92 Å². The molecule has 2 aromatic carbocycles. The molecule has 0 aliphatic heterocycles. The molecule has 14 heteroatoms. The van der Waals surface area contributed by atoms with E-state index in [4.69, 9.17) is 9.47 Å². The molecule has 0 saturated carbocycles. The number of methoxy groups -OCH3 is 1. The van der Waals surface area contributed by atoms with Crippen molar-refractivity contribution in [2.75, 3.05) is 20.2 Å². The van der Waals surface area contributed by atoms with Crippen LogP contribution in [0.5, 0.6) is 0 Å². The van der Waals surface area contributed by atoms with Crippen LogP contribution >= 0.6 is 0 Å². The van der Waals surface area contributed by atoms with Gasteiger partial charge in [-0.2, -0.15) is 0 Å². The topological polar surface area (TPSA) is 181 Å². The second kappa shape index (κ2) is 26.9. The zero-order valence-electron chi connectivity index (χ0n) is 37.7. The van der Waals surface area contributed by atoms with Crippen LogP contribution in [0.1, 0.15) is 111 Å². The number of esters is 1. The maximum absolute atomic E-state index is 13.6. The van der Waals surface area contributed by atoms with Gasteiger partial charge in [-0.05, 0) is 17.9 Å². The summed E-state index contributed by atoms with van der Waals surface area (Å²) in [5, 5.41) is 13.1. The van der Waals surface area contributed by atoms with Gasteiger partial charge in [-0.1, -0.05) is 44.2 Å². The standard InChI is InChI=1S/C34H46N5O8.3C4H9.Sn/c1-22(2)17-27(32(44)46-6)38-31(43)26(19-24-15-11-8-12-16-24)37-29(41)21-35-28(40)20-36-30(42)25(18-23-13-9-7-10-14-23)39-33(45)47-34(3,4)5;3*1-3-4-2;/h8-16,22,25-27H,17-21H2,1-6H3,(H,35,40)(H,36,42)(H,37,41)(H,38,43)(H,39,45);3*1,3-4H2,2H3;/t25-,26-,27-;;;;/m0..../s1. The van der Waals surface area contributed by atoms with Crippen molar-refractivity contribution in [2.45, 2.75) is 150 Å². The first-order valence-electron chi connectivity index (χ1n) is 21.8. The Morgan fingerprint density at radius 2 is 1.15 bits per heavy atom. The summed E-state index contributed by atoms with van der Waals surface area (Å²) in [6.07, 6.45) is 7.17. The molecule has 3 atom stereocenters. The number of carbonyl (C=O) groups excluding carboxylic acids is 6. The molecule has 0 aliphatic carbocycles. The van der Waals surface area contributed by atoms with Crippen molar-refractivity contribution in [1.82, 2.24) is 26.6 Å². The van der Waals surface area contributed by atoms with E-state index in [0.717, 1.165) is 11.1 Å². The molecule has 0 aromatic heterocycles. The molecule has 0 unspecified atom stereocenters. The molecule has 0 bridgehead atoms. The van der Waals surface area contributed by atoms with Crippen LogP contribution in [0, 0.1) is 5.92 Å². The molecule has 0 radical (unpaired) electrons. The van der Waals surface area contributed by atoms with Gasteiger partial charge >= 0.3 is 235 Å². The number of nitrogens with one attached hydrogen (secondary N) is 5. The van der Waals surface area contributed by atoms with Gasteiger partial charge in [0.15, 0.2) is 0 Å². The Morgan fingerprint density at radius 1 is 0.633 bits per heavy atom. The third-order valence-electron chi connectivity index (χ3n) is 10.4. The second-order valence-electron chi connectivity index (χ2n) is 17.2. The number of amides is 5. The number of ether oxygens (including phenoxy) is 2. The molecule has 2 aromatic rings. The number of hydrogen-bond acceptors (Lipinski definition) is 8. The molecule has 0 spiro atoms. The van der Waals surface area contributed by atoms with Crippen molar-refractivity contribution in [3.05, 3.63) is 65.7 Å². The van der Waals surface area contributed by atoms with Crippen molar-refractivity contribution in [3.8, 4) is 0 Å². The fourth-order valence-electron chi connectivity index (χ4n) is 7.18. The van der Waals surface area contributed by atoms with Crippen molar-refractivity contribution < 1.29 is 38.2 Å². The number of carbonyl (C=O) groups is 6. The average molecular weight is 943 g/mol. The summed E-state index contributed by atoms with van der Waals surface area (Å²) in [5.74, 6) is -2.98. The van der Waals surface area contributed by atoms with E-state index in [1.54, 1.807) is 20.8 Å². The molecule has 13 nitrogen and oxygen atoms in total. The fourth-order valence-corrected chi connectivity index (χ4v) is 23.1. The maximum atomic E-state index is 13.6. The Morgan fingerprint density at radius 3 is 1.65 bits per heavy atom. The first-order valence-corrected chi connectivity index (χ1v) is 29.3. The summed E-state index contributed by atoms with van der Waals surface area (Å²) < 4.78 is 15.9. The number of unbranched alkanes of at least 4 members (excludes halogenated alkanes) is 3. The molecule has 5 amide bonds. The van der Waals surface area contributed by atoms with Crippen LogP contribution in [0.2, 0.25) is 13.3 Å². The monoisotopic (exact) mass is 943 g/mol. The van der Waals surface area contributed by atoms with Gasteiger partial charge in [0, 0.05) is 6.42 Å². The van der Waals surface area contributed by atoms with E-state index in [-0.39, 0.29) is 18.8 Å². The summed E-state index contributed by atoms with van der Waals surface area (Å²) in [7, 11) is 1.25. The van der Waals surface area contributed by atoms with Gasteiger partial charge in [0.1, 0.15) is 12.1 Å². The van der Waals surface area contributed by atoms with Gasteiger partial charge < -0.3 is 15.4 Å². The molecule has 5 N–H and O–H groups in total. The fraction of sp³-hybridized carbons (Fsp3) is 0.609.